The van der Waals surface area contributed by atoms with E-state index >= 15 is 0 Å². The molecular weight excluding hydrogens is 286 g/mol. The number of nitrogens with one attached hydrogen (secondary N) is 1. The molecule has 4 rings (SSSR count). The van der Waals surface area contributed by atoms with Gasteiger partial charge < -0.3 is 15.3 Å². The quantitative estimate of drug-likeness (QED) is 0.774. The Morgan fingerprint density at radius 1 is 1.26 bits per heavy atom. The van der Waals surface area contributed by atoms with Gasteiger partial charge in [-0.25, -0.2) is 0 Å². The molecule has 3 heteroatoms. The van der Waals surface area contributed by atoms with Crippen molar-refractivity contribution in [1.82, 2.24) is 0 Å². The molecule has 0 amide bonds. The lowest BCUT2D eigenvalue weighted by Gasteiger charge is -2.57. The maximum Gasteiger partial charge on any atom is 0.0758 e. The molecule has 0 heterocycles. The Morgan fingerprint density at radius 2 is 2.04 bits per heavy atom. The fourth-order valence-electron chi connectivity index (χ4n) is 6.26. The summed E-state index contributed by atoms with van der Waals surface area (Å²) in [6.07, 6.45) is 11.7. The lowest BCUT2D eigenvalue weighted by molar-refractivity contribution is -0.0801. The van der Waals surface area contributed by atoms with E-state index in [-0.39, 0.29) is 23.0 Å². The van der Waals surface area contributed by atoms with E-state index in [1.165, 1.54) is 5.57 Å². The molecule has 2 saturated carbocycles. The van der Waals surface area contributed by atoms with Gasteiger partial charge in [0, 0.05) is 24.2 Å². The normalized spacial score (nSPS) is 51.7. The minimum absolute atomic E-state index is 0.0555. The number of aliphatic hydroxyl groups excluding tert-OH is 1. The first-order valence-electron chi connectivity index (χ1n) is 9.09. The molecule has 7 atom stereocenters. The molecule has 0 radical (unpaired) electrons. The SMILES string of the molecule is CO[C@@H]1C=C2C=CC3C4CCC(=N)C4(C)C[C@@H](O)C3C2(C)CC1. The average Bonchev–Trinajstić information content (AvgIpc) is 2.81. The first kappa shape index (κ1) is 15.6. The zero-order valence-electron chi connectivity index (χ0n) is 14.5. The highest BCUT2D eigenvalue weighted by molar-refractivity contribution is 5.89. The van der Waals surface area contributed by atoms with Gasteiger partial charge in [-0.2, -0.15) is 0 Å². The molecular formula is C20H29NO2. The lowest BCUT2D eigenvalue weighted by Crippen LogP contribution is -2.55. The smallest absolute Gasteiger partial charge is 0.0758 e. The van der Waals surface area contributed by atoms with Crippen molar-refractivity contribution in [3.8, 4) is 0 Å². The van der Waals surface area contributed by atoms with Crippen LogP contribution in [0.15, 0.2) is 23.8 Å². The van der Waals surface area contributed by atoms with Crippen LogP contribution in [-0.2, 0) is 4.74 Å². The van der Waals surface area contributed by atoms with Gasteiger partial charge in [-0.15, -0.1) is 0 Å². The summed E-state index contributed by atoms with van der Waals surface area (Å²) in [6.45, 7) is 4.56. The Balaban J connectivity index is 1.77. The first-order chi connectivity index (χ1) is 10.9. The average molecular weight is 315 g/mol. The molecule has 0 aromatic heterocycles. The monoisotopic (exact) mass is 315 g/mol. The number of ether oxygens (including phenoxy) is 1. The van der Waals surface area contributed by atoms with Crippen LogP contribution in [-0.4, -0.2) is 30.1 Å². The minimum atomic E-state index is -0.308. The van der Waals surface area contributed by atoms with Gasteiger partial charge in [-0.05, 0) is 54.9 Å². The van der Waals surface area contributed by atoms with Crippen molar-refractivity contribution in [2.45, 2.75) is 58.2 Å². The van der Waals surface area contributed by atoms with Crippen molar-refractivity contribution >= 4 is 5.71 Å². The van der Waals surface area contributed by atoms with Gasteiger partial charge in [0.15, 0.2) is 0 Å². The maximum atomic E-state index is 11.1. The Hall–Kier alpha value is -0.930. The van der Waals surface area contributed by atoms with Crippen LogP contribution in [0.2, 0.25) is 0 Å². The lowest BCUT2D eigenvalue weighted by atomic mass is 9.48. The summed E-state index contributed by atoms with van der Waals surface area (Å²) >= 11 is 0. The van der Waals surface area contributed by atoms with Crippen molar-refractivity contribution in [3.05, 3.63) is 23.8 Å². The van der Waals surface area contributed by atoms with E-state index in [0.29, 0.717) is 17.8 Å². The molecule has 4 aliphatic rings. The summed E-state index contributed by atoms with van der Waals surface area (Å²) in [4.78, 5) is 0. The van der Waals surface area contributed by atoms with Crippen molar-refractivity contribution in [2.75, 3.05) is 7.11 Å². The highest BCUT2D eigenvalue weighted by Crippen LogP contribution is 2.62. The minimum Gasteiger partial charge on any atom is -0.393 e. The molecule has 3 nitrogen and oxygen atoms in total. The second-order valence-corrected chi connectivity index (χ2v) is 8.63. The van der Waals surface area contributed by atoms with Crippen LogP contribution >= 0.6 is 0 Å². The Kier molecular flexibility index (Phi) is 3.41. The fraction of sp³-hybridized carbons (Fsp3) is 0.750. The van der Waals surface area contributed by atoms with E-state index in [9.17, 15) is 5.11 Å². The van der Waals surface area contributed by atoms with Crippen molar-refractivity contribution in [2.24, 2.45) is 28.6 Å². The molecule has 0 spiro atoms. The van der Waals surface area contributed by atoms with Gasteiger partial charge in [0.05, 0.1) is 12.2 Å². The number of allylic oxidation sites excluding steroid dienone is 3. The van der Waals surface area contributed by atoms with Crippen molar-refractivity contribution in [3.63, 3.8) is 0 Å². The molecule has 0 aromatic carbocycles. The van der Waals surface area contributed by atoms with Crippen LogP contribution in [0.1, 0.15) is 46.0 Å². The molecule has 2 fully saturated rings. The summed E-state index contributed by atoms with van der Waals surface area (Å²) in [6, 6.07) is 0. The molecule has 0 saturated heterocycles. The van der Waals surface area contributed by atoms with E-state index in [2.05, 4.69) is 32.1 Å². The van der Waals surface area contributed by atoms with Crippen LogP contribution in [0.25, 0.3) is 0 Å². The van der Waals surface area contributed by atoms with Gasteiger partial charge in [0.2, 0.25) is 0 Å². The van der Waals surface area contributed by atoms with Gasteiger partial charge in [0.1, 0.15) is 0 Å². The summed E-state index contributed by atoms with van der Waals surface area (Å²) in [7, 11) is 1.78. The summed E-state index contributed by atoms with van der Waals surface area (Å²) < 4.78 is 5.55. The zero-order valence-corrected chi connectivity index (χ0v) is 14.5. The van der Waals surface area contributed by atoms with Crippen LogP contribution in [0.5, 0.6) is 0 Å². The maximum absolute atomic E-state index is 11.1. The standard InChI is InChI=1S/C20H29NO2/c1-19-9-8-13(23-3)10-12(19)4-5-14-15-6-7-17(21)20(15,2)11-16(22)18(14)19/h4-5,10,13-16,18,21-22H,6-9,11H2,1-3H3/t13-,14?,15?,16+,18?,19?,20?/m0/s1. The third-order valence-corrected chi connectivity index (χ3v) is 7.65. The van der Waals surface area contributed by atoms with Crippen molar-refractivity contribution in [1.29, 1.82) is 5.41 Å². The Labute approximate surface area is 139 Å². The number of fused-ring (bicyclic) bond motifs is 5. The molecule has 4 aliphatic carbocycles. The van der Waals surface area contributed by atoms with Gasteiger partial charge in [-0.1, -0.05) is 32.1 Å². The van der Waals surface area contributed by atoms with E-state index in [0.717, 1.165) is 37.8 Å². The number of hydrogen-bond acceptors (Lipinski definition) is 3. The van der Waals surface area contributed by atoms with E-state index in [1.54, 1.807) is 7.11 Å². The second kappa shape index (κ2) is 5.03. The second-order valence-electron chi connectivity index (χ2n) is 8.63. The predicted octanol–water partition coefficient (Wildman–Crippen LogP) is 3.73. The topological polar surface area (TPSA) is 53.3 Å². The molecule has 0 aliphatic heterocycles. The molecule has 0 aromatic rings. The fourth-order valence-corrected chi connectivity index (χ4v) is 6.26. The van der Waals surface area contributed by atoms with E-state index in [4.69, 9.17) is 10.1 Å². The summed E-state index contributed by atoms with van der Waals surface area (Å²) in [5.74, 6) is 1.23. The van der Waals surface area contributed by atoms with E-state index < -0.39 is 0 Å². The number of aliphatic hydroxyl groups is 1. The molecule has 5 unspecified atom stereocenters. The molecule has 0 bridgehead atoms. The van der Waals surface area contributed by atoms with Gasteiger partial charge >= 0.3 is 0 Å². The third kappa shape index (κ3) is 1.99. The van der Waals surface area contributed by atoms with Gasteiger partial charge in [0.25, 0.3) is 0 Å². The molecule has 126 valence electrons. The zero-order chi connectivity index (χ0) is 16.4. The third-order valence-electron chi connectivity index (χ3n) is 7.65. The van der Waals surface area contributed by atoms with Crippen LogP contribution in [0, 0.1) is 34.0 Å². The number of methoxy groups -OCH3 is 1. The van der Waals surface area contributed by atoms with E-state index in [1.807, 2.05) is 0 Å². The molecule has 23 heavy (non-hydrogen) atoms. The van der Waals surface area contributed by atoms with Crippen molar-refractivity contribution < 1.29 is 9.84 Å². The van der Waals surface area contributed by atoms with Crippen LogP contribution in [0.4, 0.5) is 0 Å². The Morgan fingerprint density at radius 3 is 2.78 bits per heavy atom. The number of rotatable bonds is 1. The van der Waals surface area contributed by atoms with Crippen LogP contribution < -0.4 is 0 Å². The predicted molar refractivity (Wildman–Crippen MR) is 91.5 cm³/mol. The highest BCUT2D eigenvalue weighted by atomic mass is 16.5. The van der Waals surface area contributed by atoms with Crippen LogP contribution in [0.3, 0.4) is 0 Å². The molecule has 2 N–H and O–H groups in total. The Bertz CT molecular complexity index is 594. The largest absolute Gasteiger partial charge is 0.393 e. The first-order valence-corrected chi connectivity index (χ1v) is 9.09. The summed E-state index contributed by atoms with van der Waals surface area (Å²) in [5, 5.41) is 19.5. The highest BCUT2D eigenvalue weighted by Gasteiger charge is 2.59. The van der Waals surface area contributed by atoms with Gasteiger partial charge in [-0.3, -0.25) is 0 Å². The number of hydrogen-bond donors (Lipinski definition) is 2. The summed E-state index contributed by atoms with van der Waals surface area (Å²) in [5.41, 5.74) is 2.18.